The Bertz CT molecular complexity index is 1290. The Morgan fingerprint density at radius 2 is 1.74 bits per heavy atom. The largest absolute Gasteiger partial charge is 0.462 e. The molecular weight excluding hydrogens is 498 g/mol. The summed E-state index contributed by atoms with van der Waals surface area (Å²) in [6, 6.07) is 15.6. The van der Waals surface area contributed by atoms with Crippen molar-refractivity contribution < 1.29 is 23.9 Å². The first-order valence-electron chi connectivity index (χ1n) is 12.8. The van der Waals surface area contributed by atoms with Gasteiger partial charge in [-0.1, -0.05) is 32.9 Å². The van der Waals surface area contributed by atoms with E-state index >= 15 is 0 Å². The second kappa shape index (κ2) is 13.1. The van der Waals surface area contributed by atoms with Crippen molar-refractivity contribution in [2.45, 2.75) is 40.0 Å². The number of carbonyl (C=O) groups excluding carboxylic acids is 3. The molecule has 2 aromatic carbocycles. The third kappa shape index (κ3) is 8.15. The molecule has 3 aromatic rings. The van der Waals surface area contributed by atoms with Crippen molar-refractivity contribution in [3.8, 4) is 5.69 Å². The molecule has 0 saturated carbocycles. The molecule has 0 aliphatic carbocycles. The van der Waals surface area contributed by atoms with Gasteiger partial charge in [-0.2, -0.15) is 5.10 Å². The van der Waals surface area contributed by atoms with Crippen LogP contribution in [0.15, 0.2) is 54.6 Å². The van der Waals surface area contributed by atoms with Crippen molar-refractivity contribution in [1.82, 2.24) is 14.7 Å². The Labute approximate surface area is 229 Å². The monoisotopic (exact) mass is 535 g/mol. The number of anilines is 2. The van der Waals surface area contributed by atoms with E-state index in [1.165, 1.54) is 12.0 Å². The Hall–Kier alpha value is -4.18. The van der Waals surface area contributed by atoms with Crippen LogP contribution >= 0.6 is 0 Å². The highest BCUT2D eigenvalue weighted by Gasteiger charge is 2.23. The molecule has 2 N–H and O–H groups in total. The molecule has 0 atom stereocenters. The summed E-state index contributed by atoms with van der Waals surface area (Å²) in [6.07, 6.45) is 0. The molecule has 0 bridgehead atoms. The molecule has 1 heterocycles. The number of nitrogens with zero attached hydrogens (tertiary/aromatic N) is 3. The Morgan fingerprint density at radius 3 is 2.36 bits per heavy atom. The quantitative estimate of drug-likeness (QED) is 0.361. The third-order valence-electron chi connectivity index (χ3n) is 5.83. The van der Waals surface area contributed by atoms with E-state index in [0.29, 0.717) is 17.1 Å². The number of ether oxygens (including phenoxy) is 2. The van der Waals surface area contributed by atoms with E-state index in [2.05, 4.69) is 31.4 Å². The van der Waals surface area contributed by atoms with E-state index in [1.807, 2.05) is 37.3 Å². The van der Waals surface area contributed by atoms with E-state index < -0.39 is 12.0 Å². The van der Waals surface area contributed by atoms with Crippen molar-refractivity contribution in [3.05, 3.63) is 71.4 Å². The summed E-state index contributed by atoms with van der Waals surface area (Å²) in [6.45, 7) is 10.4. The van der Waals surface area contributed by atoms with Gasteiger partial charge >= 0.3 is 12.0 Å². The molecule has 3 amide bonds. The summed E-state index contributed by atoms with van der Waals surface area (Å²) in [5, 5.41) is 10.4. The average molecular weight is 536 g/mol. The Kier molecular flexibility index (Phi) is 9.84. The van der Waals surface area contributed by atoms with Gasteiger partial charge in [0.25, 0.3) is 0 Å². The van der Waals surface area contributed by atoms with Crippen molar-refractivity contribution in [2.75, 3.05) is 44.0 Å². The van der Waals surface area contributed by atoms with Crippen molar-refractivity contribution in [3.63, 3.8) is 0 Å². The van der Waals surface area contributed by atoms with E-state index in [4.69, 9.17) is 14.6 Å². The van der Waals surface area contributed by atoms with Gasteiger partial charge in [-0.05, 0) is 55.8 Å². The number of urea groups is 1. The number of methoxy groups -OCH3 is 1. The van der Waals surface area contributed by atoms with Gasteiger partial charge in [-0.15, -0.1) is 0 Å². The minimum absolute atomic E-state index is 0.195. The number of rotatable bonds is 10. The average Bonchev–Trinajstić information content (AvgIpc) is 3.31. The number of aromatic nitrogens is 2. The van der Waals surface area contributed by atoms with Gasteiger partial charge in [0.05, 0.1) is 30.2 Å². The number of hydrogen-bond acceptors (Lipinski definition) is 6. The number of hydrogen-bond donors (Lipinski definition) is 2. The molecule has 1 aromatic heterocycles. The van der Waals surface area contributed by atoms with Crippen LogP contribution in [0.4, 0.5) is 16.3 Å². The van der Waals surface area contributed by atoms with Gasteiger partial charge in [0.15, 0.2) is 0 Å². The van der Waals surface area contributed by atoms with Gasteiger partial charge in [0.2, 0.25) is 5.91 Å². The number of amides is 3. The first-order valence-corrected chi connectivity index (χ1v) is 12.8. The summed E-state index contributed by atoms with van der Waals surface area (Å²) in [5.74, 6) is -0.307. The fourth-order valence-corrected chi connectivity index (χ4v) is 3.71. The minimum Gasteiger partial charge on any atom is -0.462 e. The molecular formula is C29H37N5O5. The van der Waals surface area contributed by atoms with Gasteiger partial charge in [0, 0.05) is 30.8 Å². The lowest BCUT2D eigenvalue weighted by Gasteiger charge is -2.22. The predicted molar refractivity (Wildman–Crippen MR) is 150 cm³/mol. The molecule has 0 aliphatic rings. The normalized spacial score (nSPS) is 11.1. The molecule has 208 valence electrons. The molecule has 0 aliphatic heterocycles. The fraction of sp³-hybridized carbons (Fsp3) is 0.379. The van der Waals surface area contributed by atoms with E-state index in [1.54, 1.807) is 35.9 Å². The lowest BCUT2D eigenvalue weighted by molar-refractivity contribution is -0.116. The number of esters is 1. The number of nitrogens with one attached hydrogen (secondary N) is 2. The summed E-state index contributed by atoms with van der Waals surface area (Å²) in [5.41, 5.74) is 3.33. The predicted octanol–water partition coefficient (Wildman–Crippen LogP) is 4.77. The smallest absolute Gasteiger partial charge is 0.338 e. The maximum Gasteiger partial charge on any atom is 0.338 e. The minimum atomic E-state index is -0.478. The van der Waals surface area contributed by atoms with Crippen LogP contribution in [-0.2, 0) is 19.7 Å². The van der Waals surface area contributed by atoms with Crippen molar-refractivity contribution >= 4 is 29.4 Å². The molecule has 0 fully saturated rings. The van der Waals surface area contributed by atoms with Crippen LogP contribution in [0, 0.1) is 6.92 Å². The Balaban J connectivity index is 1.76. The fourth-order valence-electron chi connectivity index (χ4n) is 3.71. The number of carbonyl (C=O) groups is 3. The highest BCUT2D eigenvalue weighted by Crippen LogP contribution is 2.26. The molecule has 39 heavy (non-hydrogen) atoms. The van der Waals surface area contributed by atoms with Gasteiger partial charge < -0.3 is 25.0 Å². The van der Waals surface area contributed by atoms with Crippen LogP contribution in [0.1, 0.15) is 49.3 Å². The van der Waals surface area contributed by atoms with Gasteiger partial charge in [0.1, 0.15) is 12.4 Å². The van der Waals surface area contributed by atoms with Crippen LogP contribution < -0.4 is 10.6 Å². The number of aryl methyl sites for hydroxylation is 1. The zero-order chi connectivity index (χ0) is 28.6. The summed E-state index contributed by atoms with van der Waals surface area (Å²) in [4.78, 5) is 39.5. The maximum absolute atomic E-state index is 13.2. The van der Waals surface area contributed by atoms with Gasteiger partial charge in [-0.3, -0.25) is 4.79 Å². The standard InChI is InChI=1S/C29H37N5O5/c1-7-39-27(36)21-11-13-22(14-12-21)30-28(37)33(15-16-38-6)19-26(35)31-25-18-24(29(3,4)5)32-34(25)23-10-8-9-20(2)17-23/h8-14,17-18H,7,15-16,19H2,1-6H3,(H,30,37)(H,31,35). The topological polar surface area (TPSA) is 115 Å². The zero-order valence-corrected chi connectivity index (χ0v) is 23.4. The molecule has 10 nitrogen and oxygen atoms in total. The lowest BCUT2D eigenvalue weighted by Crippen LogP contribution is -2.42. The molecule has 0 unspecified atom stereocenters. The van der Waals surface area contributed by atoms with E-state index in [0.717, 1.165) is 16.9 Å². The Morgan fingerprint density at radius 1 is 1.03 bits per heavy atom. The molecule has 0 saturated heterocycles. The second-order valence-electron chi connectivity index (χ2n) is 10.1. The summed E-state index contributed by atoms with van der Waals surface area (Å²) in [7, 11) is 1.53. The molecule has 0 spiro atoms. The van der Waals surface area contributed by atoms with E-state index in [-0.39, 0.29) is 37.6 Å². The number of benzene rings is 2. The van der Waals surface area contributed by atoms with Crippen LogP contribution in [0.5, 0.6) is 0 Å². The van der Waals surface area contributed by atoms with Crippen LogP contribution in [0.3, 0.4) is 0 Å². The maximum atomic E-state index is 13.2. The van der Waals surface area contributed by atoms with Crippen LogP contribution in [0.25, 0.3) is 5.69 Å². The zero-order valence-electron chi connectivity index (χ0n) is 23.4. The molecule has 3 rings (SSSR count). The highest BCUT2D eigenvalue weighted by molar-refractivity contribution is 5.97. The third-order valence-corrected chi connectivity index (χ3v) is 5.83. The second-order valence-corrected chi connectivity index (χ2v) is 10.1. The van der Waals surface area contributed by atoms with Crippen molar-refractivity contribution in [1.29, 1.82) is 0 Å². The summed E-state index contributed by atoms with van der Waals surface area (Å²) >= 11 is 0. The van der Waals surface area contributed by atoms with Crippen molar-refractivity contribution in [2.24, 2.45) is 0 Å². The van der Waals surface area contributed by atoms with E-state index in [9.17, 15) is 14.4 Å². The highest BCUT2D eigenvalue weighted by atomic mass is 16.5. The lowest BCUT2D eigenvalue weighted by atomic mass is 9.92. The molecule has 10 heteroatoms. The SMILES string of the molecule is CCOC(=O)c1ccc(NC(=O)N(CCOC)CC(=O)Nc2cc(C(C)(C)C)nn2-c2cccc(C)c2)cc1. The summed E-state index contributed by atoms with van der Waals surface area (Å²) < 4.78 is 11.8. The first kappa shape index (κ1) is 29.4. The molecule has 0 radical (unpaired) electrons. The first-order chi connectivity index (χ1) is 18.5. The van der Waals surface area contributed by atoms with Crippen LogP contribution in [0.2, 0.25) is 0 Å². The van der Waals surface area contributed by atoms with Crippen LogP contribution in [-0.4, -0.2) is 66.0 Å². The van der Waals surface area contributed by atoms with Gasteiger partial charge in [-0.25, -0.2) is 14.3 Å².